The average Bonchev–Trinajstić information content (AvgIpc) is 2.13. The van der Waals surface area contributed by atoms with Gasteiger partial charge in [-0.3, -0.25) is 0 Å². The maximum absolute atomic E-state index is 10.6. The lowest BCUT2D eigenvalue weighted by atomic mass is 10.1. The third-order valence-electron chi connectivity index (χ3n) is 1.41. The Balaban J connectivity index is 3.79. The highest BCUT2D eigenvalue weighted by Crippen LogP contribution is 2.06. The number of carboxylic acid groups (broad SMARTS) is 1. The Hall–Kier alpha value is -1.62. The van der Waals surface area contributed by atoms with Crippen molar-refractivity contribution in [2.75, 3.05) is 0 Å². The minimum Gasteiger partial charge on any atom is -0.478 e. The van der Waals surface area contributed by atoms with Crippen LogP contribution in [0.5, 0.6) is 0 Å². The molecule has 1 unspecified atom stereocenters. The molecule has 78 valence electrons. The third kappa shape index (κ3) is 5.10. The summed E-state index contributed by atoms with van der Waals surface area (Å²) in [4.78, 5) is 20.8. The first-order chi connectivity index (χ1) is 6.47. The second kappa shape index (κ2) is 5.93. The van der Waals surface area contributed by atoms with Crippen LogP contribution in [0.15, 0.2) is 24.8 Å². The number of esters is 1. The topological polar surface area (TPSA) is 83.8 Å². The van der Waals surface area contributed by atoms with Crippen molar-refractivity contribution in [3.05, 3.63) is 24.8 Å². The molecule has 5 heteroatoms. The zero-order chi connectivity index (χ0) is 11.1. The molecule has 0 amide bonds. The van der Waals surface area contributed by atoms with Crippen molar-refractivity contribution in [1.29, 1.82) is 0 Å². The van der Waals surface area contributed by atoms with Gasteiger partial charge in [-0.1, -0.05) is 13.2 Å². The van der Waals surface area contributed by atoms with Crippen LogP contribution in [0.25, 0.3) is 0 Å². The highest BCUT2D eigenvalue weighted by molar-refractivity contribution is 5.85. The molecule has 0 heterocycles. The lowest BCUT2D eigenvalue weighted by Crippen LogP contribution is -2.16. The van der Waals surface area contributed by atoms with Crippen LogP contribution >= 0.6 is 0 Å². The smallest absolute Gasteiger partial charge is 0.332 e. The van der Waals surface area contributed by atoms with Crippen molar-refractivity contribution in [2.24, 2.45) is 0 Å². The predicted octanol–water partition coefficient (Wildman–Crippen LogP) is 0.455. The van der Waals surface area contributed by atoms with E-state index in [0.717, 1.165) is 6.08 Å². The van der Waals surface area contributed by atoms with Crippen LogP contribution in [0, 0.1) is 0 Å². The zero-order valence-corrected chi connectivity index (χ0v) is 7.60. The predicted molar refractivity (Wildman–Crippen MR) is 48.3 cm³/mol. The first kappa shape index (κ1) is 12.4. The number of aliphatic hydroxyl groups is 1. The summed E-state index contributed by atoms with van der Waals surface area (Å²) in [6.07, 6.45) is -0.350. The van der Waals surface area contributed by atoms with Crippen LogP contribution < -0.4 is 0 Å². The van der Waals surface area contributed by atoms with Gasteiger partial charge >= 0.3 is 11.9 Å². The second-order valence-electron chi connectivity index (χ2n) is 2.54. The first-order valence-corrected chi connectivity index (χ1v) is 3.89. The molecule has 1 atom stereocenters. The monoisotopic (exact) mass is 200 g/mol. The van der Waals surface area contributed by atoms with Gasteiger partial charge in [0.1, 0.15) is 0 Å². The maximum atomic E-state index is 10.6. The highest BCUT2D eigenvalue weighted by atomic mass is 16.6. The molecule has 0 aliphatic carbocycles. The molecule has 0 saturated carbocycles. The standard InChI is InChI=1S/C9H12O5/c1-3-7(10)14-8(11)5-4-6(2)9(12)13/h3,8,11H,1-2,4-5H2,(H,12,13). The average molecular weight is 200 g/mol. The van der Waals surface area contributed by atoms with E-state index in [4.69, 9.17) is 10.2 Å². The number of carboxylic acids is 1. The molecule has 0 saturated heterocycles. The molecular weight excluding hydrogens is 188 g/mol. The molecule has 5 nitrogen and oxygen atoms in total. The molecule has 0 aromatic rings. The van der Waals surface area contributed by atoms with Crippen LogP contribution in [-0.4, -0.2) is 28.4 Å². The van der Waals surface area contributed by atoms with E-state index in [0.29, 0.717) is 0 Å². The molecule has 0 fully saturated rings. The van der Waals surface area contributed by atoms with Crippen LogP contribution in [0.3, 0.4) is 0 Å². The molecule has 0 aliphatic rings. The Morgan fingerprint density at radius 2 is 2.07 bits per heavy atom. The SMILES string of the molecule is C=CC(=O)OC(O)CCC(=C)C(=O)O. The van der Waals surface area contributed by atoms with Gasteiger partial charge in [-0.2, -0.15) is 0 Å². The van der Waals surface area contributed by atoms with Gasteiger partial charge in [-0.25, -0.2) is 9.59 Å². The summed E-state index contributed by atoms with van der Waals surface area (Å²) in [6, 6.07) is 0. The third-order valence-corrected chi connectivity index (χ3v) is 1.41. The van der Waals surface area contributed by atoms with Gasteiger partial charge in [-0.05, 0) is 6.42 Å². The van der Waals surface area contributed by atoms with Gasteiger partial charge in [0, 0.05) is 18.1 Å². The molecule has 14 heavy (non-hydrogen) atoms. The number of carbonyl (C=O) groups is 2. The van der Waals surface area contributed by atoms with E-state index in [1.165, 1.54) is 0 Å². The Kier molecular flexibility index (Phi) is 5.24. The van der Waals surface area contributed by atoms with E-state index in [9.17, 15) is 9.59 Å². The Morgan fingerprint density at radius 3 is 2.50 bits per heavy atom. The number of ether oxygens (including phenoxy) is 1. The van der Waals surface area contributed by atoms with E-state index in [1.807, 2.05) is 0 Å². The van der Waals surface area contributed by atoms with Crippen LogP contribution in [0.2, 0.25) is 0 Å². The summed E-state index contributed by atoms with van der Waals surface area (Å²) in [5, 5.41) is 17.5. The van der Waals surface area contributed by atoms with Crippen LogP contribution in [-0.2, 0) is 14.3 Å². The van der Waals surface area contributed by atoms with E-state index in [-0.39, 0.29) is 18.4 Å². The van der Waals surface area contributed by atoms with Gasteiger partial charge < -0.3 is 14.9 Å². The Morgan fingerprint density at radius 1 is 1.50 bits per heavy atom. The van der Waals surface area contributed by atoms with Crippen molar-refractivity contribution < 1.29 is 24.5 Å². The van der Waals surface area contributed by atoms with Crippen molar-refractivity contribution >= 4 is 11.9 Å². The molecular formula is C9H12O5. The number of aliphatic hydroxyl groups excluding tert-OH is 1. The van der Waals surface area contributed by atoms with Crippen molar-refractivity contribution in [3.8, 4) is 0 Å². The number of rotatable bonds is 6. The van der Waals surface area contributed by atoms with E-state index in [1.54, 1.807) is 0 Å². The molecule has 0 aromatic carbocycles. The number of hydrogen-bond donors (Lipinski definition) is 2. The number of carbonyl (C=O) groups excluding carboxylic acids is 1. The normalized spacial score (nSPS) is 11.5. The van der Waals surface area contributed by atoms with Gasteiger partial charge in [0.25, 0.3) is 0 Å². The minimum atomic E-state index is -1.32. The summed E-state index contributed by atoms with van der Waals surface area (Å²) in [5.74, 6) is -1.88. The Labute approximate surface area is 81.3 Å². The molecule has 0 radical (unpaired) electrons. The second-order valence-corrected chi connectivity index (χ2v) is 2.54. The largest absolute Gasteiger partial charge is 0.478 e. The fourth-order valence-corrected chi connectivity index (χ4v) is 0.646. The number of aliphatic carboxylic acids is 1. The molecule has 0 bridgehead atoms. The summed E-state index contributed by atoms with van der Waals surface area (Å²) >= 11 is 0. The quantitative estimate of drug-likeness (QED) is 0.369. The van der Waals surface area contributed by atoms with E-state index in [2.05, 4.69) is 17.9 Å². The van der Waals surface area contributed by atoms with Crippen LogP contribution in [0.1, 0.15) is 12.8 Å². The summed E-state index contributed by atoms with van der Waals surface area (Å²) in [6.45, 7) is 6.39. The highest BCUT2D eigenvalue weighted by Gasteiger charge is 2.11. The lowest BCUT2D eigenvalue weighted by Gasteiger charge is -2.09. The van der Waals surface area contributed by atoms with Crippen LogP contribution in [0.4, 0.5) is 0 Å². The molecule has 0 aliphatic heterocycles. The summed E-state index contributed by atoms with van der Waals surface area (Å²) < 4.78 is 4.39. The zero-order valence-electron chi connectivity index (χ0n) is 7.60. The van der Waals surface area contributed by atoms with Crippen molar-refractivity contribution in [3.63, 3.8) is 0 Å². The summed E-state index contributed by atoms with van der Waals surface area (Å²) in [7, 11) is 0. The fourth-order valence-electron chi connectivity index (χ4n) is 0.646. The number of hydrogen-bond acceptors (Lipinski definition) is 4. The lowest BCUT2D eigenvalue weighted by molar-refractivity contribution is -0.162. The minimum absolute atomic E-state index is 0.00468. The van der Waals surface area contributed by atoms with Crippen molar-refractivity contribution in [1.82, 2.24) is 0 Å². The summed E-state index contributed by atoms with van der Waals surface area (Å²) in [5.41, 5.74) is -0.0429. The first-order valence-electron chi connectivity index (χ1n) is 3.89. The van der Waals surface area contributed by atoms with Crippen molar-refractivity contribution in [2.45, 2.75) is 19.1 Å². The fraction of sp³-hybridized carbons (Fsp3) is 0.333. The van der Waals surface area contributed by atoms with E-state index >= 15 is 0 Å². The molecule has 0 aromatic heterocycles. The molecule has 2 N–H and O–H groups in total. The van der Waals surface area contributed by atoms with E-state index < -0.39 is 18.2 Å². The van der Waals surface area contributed by atoms with Gasteiger partial charge in [0.2, 0.25) is 6.29 Å². The van der Waals surface area contributed by atoms with Gasteiger partial charge in [0.05, 0.1) is 0 Å². The Bertz CT molecular complexity index is 256. The molecule has 0 rings (SSSR count). The molecule has 0 spiro atoms. The van der Waals surface area contributed by atoms with Gasteiger partial charge in [-0.15, -0.1) is 0 Å². The maximum Gasteiger partial charge on any atom is 0.332 e. The van der Waals surface area contributed by atoms with Gasteiger partial charge in [0.15, 0.2) is 0 Å².